The summed E-state index contributed by atoms with van der Waals surface area (Å²) in [7, 11) is 0. The number of aryl methyl sites for hydroxylation is 2. The van der Waals surface area contributed by atoms with Gasteiger partial charge in [-0.25, -0.2) is 9.18 Å². The number of hydrogen-bond acceptors (Lipinski definition) is 5. The summed E-state index contributed by atoms with van der Waals surface area (Å²) in [6, 6.07) is 1.70. The van der Waals surface area contributed by atoms with E-state index in [-0.39, 0.29) is 24.3 Å². The summed E-state index contributed by atoms with van der Waals surface area (Å²) < 4.78 is 65.2. The van der Waals surface area contributed by atoms with Crippen LogP contribution in [0.1, 0.15) is 63.9 Å². The highest BCUT2D eigenvalue weighted by Gasteiger charge is 2.40. The van der Waals surface area contributed by atoms with Crippen LogP contribution in [-0.4, -0.2) is 48.0 Å². The summed E-state index contributed by atoms with van der Waals surface area (Å²) in [5.41, 5.74) is -0.129. The molecule has 4 rings (SSSR count). The molecule has 0 saturated carbocycles. The van der Waals surface area contributed by atoms with E-state index in [9.17, 15) is 27.2 Å². The second kappa shape index (κ2) is 9.96. The van der Waals surface area contributed by atoms with E-state index in [0.29, 0.717) is 68.7 Å². The largest absolute Gasteiger partial charge is 0.462 e. The normalized spacial score (nSPS) is 17.6. The average molecular weight is 497 g/mol. The van der Waals surface area contributed by atoms with Crippen molar-refractivity contribution in [2.24, 2.45) is 5.41 Å². The van der Waals surface area contributed by atoms with E-state index < -0.39 is 29.1 Å². The Morgan fingerprint density at radius 2 is 2.03 bits per heavy atom. The van der Waals surface area contributed by atoms with Crippen LogP contribution in [0.2, 0.25) is 0 Å². The molecule has 0 aliphatic carbocycles. The van der Waals surface area contributed by atoms with Gasteiger partial charge in [-0.1, -0.05) is 0 Å². The van der Waals surface area contributed by atoms with Crippen molar-refractivity contribution in [1.29, 1.82) is 0 Å². The van der Waals surface area contributed by atoms with Gasteiger partial charge in [0.15, 0.2) is 0 Å². The molecule has 7 nitrogen and oxygen atoms in total. The van der Waals surface area contributed by atoms with Crippen LogP contribution in [0.5, 0.6) is 0 Å². The van der Waals surface area contributed by atoms with Crippen molar-refractivity contribution >= 4 is 11.9 Å². The first-order valence-corrected chi connectivity index (χ1v) is 11.6. The molecule has 3 heterocycles. The lowest BCUT2D eigenvalue weighted by Gasteiger charge is -2.36. The van der Waals surface area contributed by atoms with Crippen molar-refractivity contribution in [3.8, 4) is 0 Å². The van der Waals surface area contributed by atoms with Crippen molar-refractivity contribution in [3.05, 3.63) is 52.1 Å². The van der Waals surface area contributed by atoms with Crippen molar-refractivity contribution < 1.29 is 36.6 Å². The molecule has 1 N–H and O–H groups in total. The van der Waals surface area contributed by atoms with Gasteiger partial charge >= 0.3 is 12.1 Å². The van der Waals surface area contributed by atoms with E-state index in [1.165, 1.54) is 0 Å². The number of rotatable bonds is 6. The molecular weight excluding hydrogens is 470 g/mol. The molecule has 1 spiro atoms. The van der Waals surface area contributed by atoms with Crippen LogP contribution in [0.15, 0.2) is 18.2 Å². The number of aromatic nitrogens is 2. The number of fused-ring (bicyclic) bond motifs is 1. The van der Waals surface area contributed by atoms with Crippen molar-refractivity contribution in [1.82, 2.24) is 15.1 Å². The minimum atomic E-state index is -4.81. The lowest BCUT2D eigenvalue weighted by Crippen LogP contribution is -2.40. The zero-order valence-corrected chi connectivity index (χ0v) is 19.3. The molecule has 1 saturated heterocycles. The molecule has 0 atom stereocenters. The van der Waals surface area contributed by atoms with Crippen LogP contribution in [0.4, 0.5) is 17.6 Å². The number of alkyl halides is 3. The molecule has 0 bridgehead atoms. The smallest absolute Gasteiger partial charge is 0.417 e. The maximum Gasteiger partial charge on any atom is 0.417 e. The van der Waals surface area contributed by atoms with Gasteiger partial charge in [0.05, 0.1) is 23.4 Å². The van der Waals surface area contributed by atoms with Crippen LogP contribution in [0.3, 0.4) is 0 Å². The number of carbonyl (C=O) groups excluding carboxylic acids is 2. The van der Waals surface area contributed by atoms with Gasteiger partial charge in [-0.15, -0.1) is 0 Å². The standard InChI is InChI=1S/C24H27F4N3O4/c1-2-31-20-17(13-23(14-29-21(20)32)7-10-34-11-8-23)19(30-31)4-3-9-35-22(33)16-12-15(25)5-6-18(16)24(26,27)28/h5-6,12H,2-4,7-11,13-14H2,1H3,(H,29,32). The fourth-order valence-electron chi connectivity index (χ4n) is 4.78. The third kappa shape index (κ3) is 5.34. The Labute approximate surface area is 199 Å². The number of benzene rings is 1. The summed E-state index contributed by atoms with van der Waals surface area (Å²) in [6.07, 6.45) is -1.86. The number of esters is 1. The molecule has 2 aromatic rings. The second-order valence-electron chi connectivity index (χ2n) is 8.99. The molecule has 1 fully saturated rings. The number of halogens is 4. The van der Waals surface area contributed by atoms with E-state index >= 15 is 0 Å². The highest BCUT2D eigenvalue weighted by molar-refractivity contribution is 5.95. The van der Waals surface area contributed by atoms with E-state index in [2.05, 4.69) is 10.4 Å². The monoisotopic (exact) mass is 497 g/mol. The van der Waals surface area contributed by atoms with Gasteiger partial charge in [0.25, 0.3) is 5.91 Å². The summed E-state index contributed by atoms with van der Waals surface area (Å²) in [5, 5.41) is 7.62. The Hall–Kier alpha value is -2.95. The Morgan fingerprint density at radius 3 is 2.71 bits per heavy atom. The molecule has 11 heteroatoms. The van der Waals surface area contributed by atoms with Gasteiger partial charge < -0.3 is 14.8 Å². The third-order valence-electron chi connectivity index (χ3n) is 6.68. The van der Waals surface area contributed by atoms with E-state index in [4.69, 9.17) is 9.47 Å². The van der Waals surface area contributed by atoms with E-state index in [1.54, 1.807) is 4.68 Å². The van der Waals surface area contributed by atoms with Crippen molar-refractivity contribution in [3.63, 3.8) is 0 Å². The quantitative estimate of drug-likeness (QED) is 0.372. The lowest BCUT2D eigenvalue weighted by atomic mass is 9.75. The fraction of sp³-hybridized carbons (Fsp3) is 0.542. The lowest BCUT2D eigenvalue weighted by molar-refractivity contribution is -0.138. The topological polar surface area (TPSA) is 82.5 Å². The van der Waals surface area contributed by atoms with Crippen molar-refractivity contribution in [2.75, 3.05) is 26.4 Å². The molecule has 1 aromatic carbocycles. The highest BCUT2D eigenvalue weighted by Crippen LogP contribution is 2.38. The second-order valence-corrected chi connectivity index (χ2v) is 8.99. The number of ether oxygens (including phenoxy) is 2. The predicted molar refractivity (Wildman–Crippen MR) is 116 cm³/mol. The maximum absolute atomic E-state index is 13.5. The number of nitrogens with zero attached hydrogens (tertiary/aromatic N) is 2. The molecule has 0 unspecified atom stereocenters. The van der Waals surface area contributed by atoms with Crippen LogP contribution < -0.4 is 5.32 Å². The Bertz CT molecular complexity index is 1110. The zero-order valence-electron chi connectivity index (χ0n) is 19.3. The molecule has 2 aliphatic rings. The maximum atomic E-state index is 13.5. The highest BCUT2D eigenvalue weighted by atomic mass is 19.4. The summed E-state index contributed by atoms with van der Waals surface area (Å²) >= 11 is 0. The molecule has 35 heavy (non-hydrogen) atoms. The molecule has 1 amide bonds. The van der Waals surface area contributed by atoms with Crippen LogP contribution in [0, 0.1) is 11.2 Å². The average Bonchev–Trinajstić information content (AvgIpc) is 3.10. The molecular formula is C24H27F4N3O4. The Morgan fingerprint density at radius 1 is 1.29 bits per heavy atom. The number of hydrogen-bond donors (Lipinski definition) is 1. The van der Waals surface area contributed by atoms with Crippen LogP contribution >= 0.6 is 0 Å². The number of carbonyl (C=O) groups is 2. The predicted octanol–water partition coefficient (Wildman–Crippen LogP) is 3.93. The van der Waals surface area contributed by atoms with Gasteiger partial charge in [-0.2, -0.15) is 18.3 Å². The number of amides is 1. The molecule has 0 radical (unpaired) electrons. The van der Waals surface area contributed by atoms with Crippen LogP contribution in [0.25, 0.3) is 0 Å². The third-order valence-corrected chi connectivity index (χ3v) is 6.68. The first kappa shape index (κ1) is 25.2. The minimum absolute atomic E-state index is 0.118. The van der Waals surface area contributed by atoms with Gasteiger partial charge in [0.2, 0.25) is 0 Å². The number of nitrogens with one attached hydrogen (secondary N) is 1. The fourth-order valence-corrected chi connectivity index (χ4v) is 4.78. The molecule has 2 aliphatic heterocycles. The first-order chi connectivity index (χ1) is 16.6. The minimum Gasteiger partial charge on any atom is -0.462 e. The first-order valence-electron chi connectivity index (χ1n) is 11.6. The summed E-state index contributed by atoms with van der Waals surface area (Å²) in [5.74, 6) is -2.38. The molecule has 1 aromatic heterocycles. The van der Waals surface area contributed by atoms with Gasteiger partial charge in [-0.05, 0) is 62.6 Å². The van der Waals surface area contributed by atoms with Gasteiger partial charge in [-0.3, -0.25) is 9.48 Å². The zero-order chi connectivity index (χ0) is 25.2. The summed E-state index contributed by atoms with van der Waals surface area (Å²) in [6.45, 7) is 4.02. The molecule has 190 valence electrons. The SMILES string of the molecule is CCn1nc(CCCOC(=O)c2cc(F)ccc2C(F)(F)F)c2c1C(=O)NCC1(CCOCC1)C2. The van der Waals surface area contributed by atoms with Gasteiger partial charge in [0.1, 0.15) is 11.5 Å². The van der Waals surface area contributed by atoms with E-state index in [0.717, 1.165) is 18.4 Å². The van der Waals surface area contributed by atoms with E-state index in [1.807, 2.05) is 6.92 Å². The van der Waals surface area contributed by atoms with Crippen molar-refractivity contribution in [2.45, 2.75) is 51.7 Å². The summed E-state index contributed by atoms with van der Waals surface area (Å²) in [4.78, 5) is 25.1. The van der Waals surface area contributed by atoms with Gasteiger partial charge in [0, 0.05) is 31.9 Å². The Kier molecular flexibility index (Phi) is 7.16. The Balaban J connectivity index is 1.47. The van der Waals surface area contributed by atoms with Crippen LogP contribution in [-0.2, 0) is 35.0 Å².